The van der Waals surface area contributed by atoms with Crippen molar-refractivity contribution in [1.29, 1.82) is 0 Å². The lowest BCUT2D eigenvalue weighted by Gasteiger charge is -2.32. The minimum atomic E-state index is 0.0433. The van der Waals surface area contributed by atoms with Crippen LogP contribution in [-0.4, -0.2) is 38.8 Å². The molecule has 0 aliphatic carbocycles. The SMILES string of the molecule is Cc1cccc(Nc2cc(C3CCCN(C(=O)/C=C/c4csc(C)n4)C3)ccn2)n1. The van der Waals surface area contributed by atoms with Crippen LogP contribution in [0.2, 0.25) is 0 Å². The molecule has 3 aromatic heterocycles. The molecule has 154 valence electrons. The predicted octanol–water partition coefficient (Wildman–Crippen LogP) is 4.71. The number of carbonyl (C=O) groups is 1. The highest BCUT2D eigenvalue weighted by molar-refractivity contribution is 7.09. The number of nitrogens with one attached hydrogen (secondary N) is 1. The summed E-state index contributed by atoms with van der Waals surface area (Å²) in [6, 6.07) is 9.97. The van der Waals surface area contributed by atoms with Crippen molar-refractivity contribution in [3.63, 3.8) is 0 Å². The van der Waals surface area contributed by atoms with Gasteiger partial charge >= 0.3 is 0 Å². The largest absolute Gasteiger partial charge is 0.339 e. The minimum Gasteiger partial charge on any atom is -0.339 e. The molecule has 7 heteroatoms. The summed E-state index contributed by atoms with van der Waals surface area (Å²) in [5.41, 5.74) is 2.99. The predicted molar refractivity (Wildman–Crippen MR) is 121 cm³/mol. The second kappa shape index (κ2) is 9.17. The van der Waals surface area contributed by atoms with Crippen molar-refractivity contribution in [1.82, 2.24) is 19.9 Å². The first-order chi connectivity index (χ1) is 14.6. The topological polar surface area (TPSA) is 71.0 Å². The Hall–Kier alpha value is -3.06. The number of pyridine rings is 2. The Morgan fingerprint density at radius 1 is 1.23 bits per heavy atom. The van der Waals surface area contributed by atoms with E-state index < -0.39 is 0 Å². The van der Waals surface area contributed by atoms with Crippen molar-refractivity contribution in [3.05, 3.63) is 69.9 Å². The number of aryl methyl sites for hydroxylation is 2. The number of amides is 1. The molecule has 0 bridgehead atoms. The average Bonchev–Trinajstić information content (AvgIpc) is 3.17. The highest BCUT2D eigenvalue weighted by Crippen LogP contribution is 2.28. The van der Waals surface area contributed by atoms with Crippen LogP contribution in [0.4, 0.5) is 11.6 Å². The molecule has 1 N–H and O–H groups in total. The molecule has 1 amide bonds. The maximum atomic E-state index is 12.7. The summed E-state index contributed by atoms with van der Waals surface area (Å²) in [7, 11) is 0. The molecule has 0 aromatic carbocycles. The third-order valence-corrected chi connectivity index (χ3v) is 5.96. The van der Waals surface area contributed by atoms with Crippen molar-refractivity contribution in [2.24, 2.45) is 0 Å². The standard InChI is InChI=1S/C23H25N5OS/c1-16-5-3-7-21(25-16)27-22-13-18(10-11-24-22)19-6-4-12-28(14-19)23(29)9-8-20-15-30-17(2)26-20/h3,5,7-11,13,15,19H,4,6,12,14H2,1-2H3,(H,24,25,27)/b9-8+. The van der Waals surface area contributed by atoms with Gasteiger partial charge in [0.2, 0.25) is 5.91 Å². The maximum absolute atomic E-state index is 12.7. The van der Waals surface area contributed by atoms with Gasteiger partial charge in [-0.05, 0) is 62.6 Å². The smallest absolute Gasteiger partial charge is 0.246 e. The number of aromatic nitrogens is 3. The Morgan fingerprint density at radius 2 is 2.13 bits per heavy atom. The van der Waals surface area contributed by atoms with Gasteiger partial charge in [0, 0.05) is 42.4 Å². The van der Waals surface area contributed by atoms with Crippen LogP contribution in [-0.2, 0) is 4.79 Å². The lowest BCUT2D eigenvalue weighted by Crippen LogP contribution is -2.38. The number of hydrogen-bond acceptors (Lipinski definition) is 6. The zero-order chi connectivity index (χ0) is 20.9. The number of rotatable bonds is 5. The molecule has 1 atom stereocenters. The van der Waals surface area contributed by atoms with E-state index in [2.05, 4.69) is 26.3 Å². The Kier molecular flexibility index (Phi) is 6.18. The summed E-state index contributed by atoms with van der Waals surface area (Å²) in [6.07, 6.45) is 7.31. The fourth-order valence-electron chi connectivity index (χ4n) is 3.68. The van der Waals surface area contributed by atoms with Gasteiger partial charge in [0.25, 0.3) is 0 Å². The number of carbonyl (C=O) groups excluding carboxylic acids is 1. The maximum Gasteiger partial charge on any atom is 0.246 e. The van der Waals surface area contributed by atoms with Crippen molar-refractivity contribution in [2.75, 3.05) is 18.4 Å². The van der Waals surface area contributed by atoms with E-state index >= 15 is 0 Å². The number of hydrogen-bond donors (Lipinski definition) is 1. The van der Waals surface area contributed by atoms with E-state index in [0.29, 0.717) is 12.5 Å². The number of piperidine rings is 1. The van der Waals surface area contributed by atoms with Crippen LogP contribution in [0.1, 0.15) is 40.7 Å². The van der Waals surface area contributed by atoms with Gasteiger partial charge < -0.3 is 10.2 Å². The number of likely N-dealkylation sites (tertiary alicyclic amines) is 1. The molecule has 4 heterocycles. The highest BCUT2D eigenvalue weighted by atomic mass is 32.1. The molecule has 0 radical (unpaired) electrons. The van der Waals surface area contributed by atoms with Gasteiger partial charge in [-0.1, -0.05) is 6.07 Å². The molecule has 6 nitrogen and oxygen atoms in total. The fraction of sp³-hybridized carbons (Fsp3) is 0.304. The highest BCUT2D eigenvalue weighted by Gasteiger charge is 2.24. The van der Waals surface area contributed by atoms with E-state index in [1.54, 1.807) is 23.5 Å². The van der Waals surface area contributed by atoms with Gasteiger partial charge in [-0.3, -0.25) is 4.79 Å². The summed E-state index contributed by atoms with van der Waals surface area (Å²) in [5, 5.41) is 6.25. The van der Waals surface area contributed by atoms with E-state index in [1.807, 2.05) is 54.6 Å². The van der Waals surface area contributed by atoms with Crippen LogP contribution in [0, 0.1) is 13.8 Å². The minimum absolute atomic E-state index is 0.0433. The monoisotopic (exact) mass is 419 g/mol. The Balaban J connectivity index is 1.42. The van der Waals surface area contributed by atoms with Gasteiger partial charge in [0.1, 0.15) is 11.6 Å². The van der Waals surface area contributed by atoms with Crippen LogP contribution in [0.25, 0.3) is 6.08 Å². The zero-order valence-electron chi connectivity index (χ0n) is 17.2. The van der Waals surface area contributed by atoms with Crippen molar-refractivity contribution in [2.45, 2.75) is 32.6 Å². The Bertz CT molecular complexity index is 1060. The lowest BCUT2D eigenvalue weighted by atomic mass is 9.91. The molecule has 1 saturated heterocycles. The molecule has 1 unspecified atom stereocenters. The summed E-state index contributed by atoms with van der Waals surface area (Å²) in [5.74, 6) is 1.89. The van der Waals surface area contributed by atoms with E-state index in [-0.39, 0.29) is 5.91 Å². The zero-order valence-corrected chi connectivity index (χ0v) is 18.0. The lowest BCUT2D eigenvalue weighted by molar-refractivity contribution is -0.127. The third-order valence-electron chi connectivity index (χ3n) is 5.17. The van der Waals surface area contributed by atoms with Gasteiger partial charge in [0.05, 0.1) is 10.7 Å². The van der Waals surface area contributed by atoms with E-state index in [0.717, 1.165) is 47.4 Å². The van der Waals surface area contributed by atoms with E-state index in [1.165, 1.54) is 5.56 Å². The molecule has 1 aliphatic heterocycles. The first kappa shape index (κ1) is 20.2. The van der Waals surface area contributed by atoms with Gasteiger partial charge in [-0.25, -0.2) is 15.0 Å². The van der Waals surface area contributed by atoms with E-state index in [4.69, 9.17) is 0 Å². The van der Waals surface area contributed by atoms with Crippen LogP contribution in [0.5, 0.6) is 0 Å². The molecule has 3 aromatic rings. The molecule has 0 saturated carbocycles. The fourth-order valence-corrected chi connectivity index (χ4v) is 4.26. The van der Waals surface area contributed by atoms with E-state index in [9.17, 15) is 4.79 Å². The second-order valence-corrected chi connectivity index (χ2v) is 8.57. The van der Waals surface area contributed by atoms with Crippen molar-refractivity contribution >= 4 is 35.0 Å². The molecule has 1 aliphatic rings. The van der Waals surface area contributed by atoms with Crippen LogP contribution in [0.15, 0.2) is 48.0 Å². The molecular weight excluding hydrogens is 394 g/mol. The average molecular weight is 420 g/mol. The first-order valence-electron chi connectivity index (χ1n) is 10.1. The quantitative estimate of drug-likeness (QED) is 0.606. The van der Waals surface area contributed by atoms with Gasteiger partial charge in [-0.2, -0.15) is 0 Å². The molecule has 30 heavy (non-hydrogen) atoms. The summed E-state index contributed by atoms with van der Waals surface area (Å²) in [6.45, 7) is 5.43. The normalized spacial score (nSPS) is 16.7. The van der Waals surface area contributed by atoms with Gasteiger partial charge in [-0.15, -0.1) is 11.3 Å². The number of thiazole rings is 1. The van der Waals surface area contributed by atoms with Crippen molar-refractivity contribution < 1.29 is 4.79 Å². The van der Waals surface area contributed by atoms with Crippen LogP contribution in [0.3, 0.4) is 0 Å². The third kappa shape index (κ3) is 5.10. The first-order valence-corrected chi connectivity index (χ1v) is 11.0. The van der Waals surface area contributed by atoms with Crippen LogP contribution < -0.4 is 5.32 Å². The van der Waals surface area contributed by atoms with Crippen molar-refractivity contribution in [3.8, 4) is 0 Å². The molecule has 0 spiro atoms. The number of anilines is 2. The Labute approximate surface area is 180 Å². The Morgan fingerprint density at radius 3 is 2.93 bits per heavy atom. The second-order valence-electron chi connectivity index (χ2n) is 7.51. The summed E-state index contributed by atoms with van der Waals surface area (Å²) in [4.78, 5) is 27.9. The molecular formula is C23H25N5OS. The summed E-state index contributed by atoms with van der Waals surface area (Å²) < 4.78 is 0. The van der Waals surface area contributed by atoms with Gasteiger partial charge in [0.15, 0.2) is 0 Å². The molecule has 1 fully saturated rings. The van der Waals surface area contributed by atoms with Crippen LogP contribution >= 0.6 is 11.3 Å². The molecule has 4 rings (SSSR count). The number of nitrogens with zero attached hydrogens (tertiary/aromatic N) is 4. The summed E-state index contributed by atoms with van der Waals surface area (Å²) >= 11 is 1.59.